The van der Waals surface area contributed by atoms with Crippen LogP contribution in [0, 0.1) is 0 Å². The lowest BCUT2D eigenvalue weighted by Gasteiger charge is -2.30. The second-order valence-corrected chi connectivity index (χ2v) is 9.34. The molecule has 0 atom stereocenters. The number of carbonyl (C=O) groups is 1. The van der Waals surface area contributed by atoms with Crippen molar-refractivity contribution in [3.8, 4) is 0 Å². The Balaban J connectivity index is 1.64. The van der Waals surface area contributed by atoms with E-state index >= 15 is 0 Å². The van der Waals surface area contributed by atoms with Gasteiger partial charge in [-0.05, 0) is 58.6 Å². The normalized spacial score (nSPS) is 20.1. The van der Waals surface area contributed by atoms with Crippen molar-refractivity contribution in [3.05, 3.63) is 28.4 Å². The smallest absolute Gasteiger partial charge is 0.418 e. The molecular weight excluding hydrogens is 465 g/mol. The number of nitrogens with one attached hydrogen (secondary N) is 2. The van der Waals surface area contributed by atoms with Crippen molar-refractivity contribution >= 4 is 38.9 Å². The van der Waals surface area contributed by atoms with Crippen molar-refractivity contribution in [2.24, 2.45) is 0 Å². The Morgan fingerprint density at radius 2 is 1.77 bits per heavy atom. The van der Waals surface area contributed by atoms with Gasteiger partial charge in [-0.15, -0.1) is 0 Å². The van der Waals surface area contributed by atoms with E-state index in [9.17, 15) is 18.0 Å². The summed E-state index contributed by atoms with van der Waals surface area (Å²) in [7, 11) is 0. The molecule has 1 amide bonds. The first-order valence-corrected chi connectivity index (χ1v) is 10.5. The second-order valence-electron chi connectivity index (χ2n) is 8.42. The van der Waals surface area contributed by atoms with Crippen molar-refractivity contribution in [2.75, 3.05) is 5.32 Å². The maximum atomic E-state index is 13.4. The van der Waals surface area contributed by atoms with Gasteiger partial charge in [0, 0.05) is 28.1 Å². The number of hydrogen-bond donors (Lipinski definition) is 2. The predicted molar refractivity (Wildman–Crippen MR) is 111 cm³/mol. The van der Waals surface area contributed by atoms with Crippen molar-refractivity contribution in [1.29, 1.82) is 0 Å². The van der Waals surface area contributed by atoms with E-state index in [0.717, 1.165) is 31.7 Å². The highest BCUT2D eigenvalue weighted by Crippen LogP contribution is 2.36. The Labute approximate surface area is 181 Å². The van der Waals surface area contributed by atoms with E-state index in [-0.39, 0.29) is 23.5 Å². The Morgan fingerprint density at radius 1 is 1.13 bits per heavy atom. The quantitative estimate of drug-likeness (QED) is 0.582. The largest absolute Gasteiger partial charge is 0.444 e. The standard InChI is InChI=1S/C20H24BrF3N4O2/c1-19(2,3)30-18(29)27-14-6-4-13(5-7-14)26-17-25-10-11-8-12(21)9-15(16(11)28-17)20(22,23)24/h8-10,13-14H,4-7H2,1-3H3,(H,27,29)(H,25,26,28)/t13-,14-. The second kappa shape index (κ2) is 8.56. The highest BCUT2D eigenvalue weighted by molar-refractivity contribution is 9.10. The van der Waals surface area contributed by atoms with Crippen molar-refractivity contribution in [1.82, 2.24) is 15.3 Å². The topological polar surface area (TPSA) is 76.1 Å². The van der Waals surface area contributed by atoms with Crippen LogP contribution in [0.4, 0.5) is 23.9 Å². The third-order valence-electron chi connectivity index (χ3n) is 4.73. The van der Waals surface area contributed by atoms with Gasteiger partial charge in [-0.3, -0.25) is 0 Å². The Kier molecular flexibility index (Phi) is 6.45. The van der Waals surface area contributed by atoms with Gasteiger partial charge < -0.3 is 15.4 Å². The molecule has 1 heterocycles. The number of halogens is 4. The number of fused-ring (bicyclic) bond motifs is 1. The average Bonchev–Trinajstić information content (AvgIpc) is 2.60. The summed E-state index contributed by atoms with van der Waals surface area (Å²) in [4.78, 5) is 20.2. The zero-order valence-electron chi connectivity index (χ0n) is 16.9. The summed E-state index contributed by atoms with van der Waals surface area (Å²) < 4.78 is 45.8. The minimum Gasteiger partial charge on any atom is -0.444 e. The summed E-state index contributed by atoms with van der Waals surface area (Å²) >= 11 is 3.10. The van der Waals surface area contributed by atoms with Gasteiger partial charge in [0.2, 0.25) is 5.95 Å². The van der Waals surface area contributed by atoms with Gasteiger partial charge in [-0.25, -0.2) is 14.8 Å². The lowest BCUT2D eigenvalue weighted by atomic mass is 9.91. The highest BCUT2D eigenvalue weighted by atomic mass is 79.9. The molecule has 1 aliphatic carbocycles. The Hall–Kier alpha value is -2.10. The molecule has 0 unspecified atom stereocenters. The van der Waals surface area contributed by atoms with Crippen LogP contribution in [0.15, 0.2) is 22.8 Å². The number of alkyl carbamates (subject to hydrolysis) is 1. The molecule has 1 saturated carbocycles. The number of hydrogen-bond acceptors (Lipinski definition) is 5. The molecule has 2 aromatic rings. The van der Waals surface area contributed by atoms with Crippen LogP contribution < -0.4 is 10.6 Å². The molecule has 30 heavy (non-hydrogen) atoms. The molecular formula is C20H24BrF3N4O2. The molecule has 1 aliphatic rings. The first-order chi connectivity index (χ1) is 13.9. The van der Waals surface area contributed by atoms with Crippen molar-refractivity contribution in [2.45, 2.75) is 70.3 Å². The minimum atomic E-state index is -4.51. The molecule has 1 aromatic heterocycles. The van der Waals surface area contributed by atoms with Crippen LogP contribution in [0.25, 0.3) is 10.9 Å². The highest BCUT2D eigenvalue weighted by Gasteiger charge is 2.34. The summed E-state index contributed by atoms with van der Waals surface area (Å²) in [5, 5.41) is 6.31. The molecule has 0 radical (unpaired) electrons. The van der Waals surface area contributed by atoms with E-state index in [1.165, 1.54) is 6.20 Å². The fraction of sp³-hybridized carbons (Fsp3) is 0.550. The van der Waals surface area contributed by atoms with E-state index in [1.807, 2.05) is 0 Å². The monoisotopic (exact) mass is 488 g/mol. The van der Waals surface area contributed by atoms with E-state index in [0.29, 0.717) is 9.86 Å². The van der Waals surface area contributed by atoms with E-state index in [1.54, 1.807) is 26.8 Å². The van der Waals surface area contributed by atoms with E-state index < -0.39 is 23.4 Å². The van der Waals surface area contributed by atoms with Crippen molar-refractivity contribution < 1.29 is 22.7 Å². The molecule has 1 fully saturated rings. The summed E-state index contributed by atoms with van der Waals surface area (Å²) in [6, 6.07) is 2.60. The van der Waals surface area contributed by atoms with E-state index in [4.69, 9.17) is 4.74 Å². The Morgan fingerprint density at radius 3 is 2.37 bits per heavy atom. The summed E-state index contributed by atoms with van der Waals surface area (Å²) in [5.41, 5.74) is -1.49. The number of aromatic nitrogens is 2. The number of rotatable bonds is 3. The van der Waals surface area contributed by atoms with Gasteiger partial charge in [-0.2, -0.15) is 13.2 Å². The van der Waals surface area contributed by atoms with Gasteiger partial charge in [-0.1, -0.05) is 15.9 Å². The van der Waals surface area contributed by atoms with Gasteiger partial charge in [0.15, 0.2) is 0 Å². The summed E-state index contributed by atoms with van der Waals surface area (Å²) in [5.74, 6) is 0.166. The lowest BCUT2D eigenvalue weighted by molar-refractivity contribution is -0.136. The number of benzene rings is 1. The van der Waals surface area contributed by atoms with Crippen LogP contribution in [0.2, 0.25) is 0 Å². The molecule has 1 aromatic carbocycles. The maximum Gasteiger partial charge on any atom is 0.418 e. The Bertz CT molecular complexity index is 923. The molecule has 6 nitrogen and oxygen atoms in total. The fourth-order valence-electron chi connectivity index (χ4n) is 3.43. The SMILES string of the molecule is CC(C)(C)OC(=O)N[C@H]1CC[C@H](Nc2ncc3cc(Br)cc(C(F)(F)F)c3n2)CC1. The fourth-order valence-corrected chi connectivity index (χ4v) is 3.91. The summed E-state index contributed by atoms with van der Waals surface area (Å²) in [6.07, 6.45) is -0.652. The van der Waals surface area contributed by atoms with Crippen LogP contribution >= 0.6 is 15.9 Å². The van der Waals surface area contributed by atoms with Crippen molar-refractivity contribution in [3.63, 3.8) is 0 Å². The van der Waals surface area contributed by atoms with E-state index in [2.05, 4.69) is 36.5 Å². The number of amides is 1. The van der Waals surface area contributed by atoms with Crippen LogP contribution in [-0.4, -0.2) is 33.7 Å². The maximum absolute atomic E-state index is 13.4. The number of anilines is 1. The zero-order valence-corrected chi connectivity index (χ0v) is 18.5. The molecule has 0 aliphatic heterocycles. The predicted octanol–water partition coefficient (Wildman–Crippen LogP) is 5.66. The molecule has 0 spiro atoms. The molecule has 10 heteroatoms. The molecule has 0 saturated heterocycles. The number of ether oxygens (including phenoxy) is 1. The molecule has 3 rings (SSSR count). The van der Waals surface area contributed by atoms with Gasteiger partial charge >= 0.3 is 12.3 Å². The van der Waals surface area contributed by atoms with Crippen LogP contribution in [0.3, 0.4) is 0 Å². The number of nitrogens with zero attached hydrogens (tertiary/aromatic N) is 2. The molecule has 164 valence electrons. The average molecular weight is 489 g/mol. The third kappa shape index (κ3) is 5.96. The zero-order chi connectivity index (χ0) is 22.1. The van der Waals surface area contributed by atoms with Gasteiger partial charge in [0.05, 0.1) is 11.1 Å². The minimum absolute atomic E-state index is 0.00426. The summed E-state index contributed by atoms with van der Waals surface area (Å²) in [6.45, 7) is 5.42. The number of alkyl halides is 3. The molecule has 0 bridgehead atoms. The van der Waals surface area contributed by atoms with Crippen LogP contribution in [-0.2, 0) is 10.9 Å². The first-order valence-electron chi connectivity index (χ1n) is 9.70. The van der Waals surface area contributed by atoms with Crippen LogP contribution in [0.5, 0.6) is 0 Å². The van der Waals surface area contributed by atoms with Gasteiger partial charge in [0.1, 0.15) is 5.60 Å². The first kappa shape index (κ1) is 22.6. The number of carbonyl (C=O) groups excluding carboxylic acids is 1. The molecule has 2 N–H and O–H groups in total. The van der Waals surface area contributed by atoms with Gasteiger partial charge in [0.25, 0.3) is 0 Å². The van der Waals surface area contributed by atoms with Crippen LogP contribution in [0.1, 0.15) is 52.0 Å². The third-order valence-corrected chi connectivity index (χ3v) is 5.19. The lowest BCUT2D eigenvalue weighted by Crippen LogP contribution is -2.42.